The van der Waals surface area contributed by atoms with E-state index in [1.54, 1.807) is 24.5 Å². The van der Waals surface area contributed by atoms with Crippen LogP contribution in [0.25, 0.3) is 0 Å². The summed E-state index contributed by atoms with van der Waals surface area (Å²) < 4.78 is 0. The van der Waals surface area contributed by atoms with Crippen molar-refractivity contribution in [3.8, 4) is 0 Å². The molecule has 0 atom stereocenters. The summed E-state index contributed by atoms with van der Waals surface area (Å²) in [6, 6.07) is 3.38. The van der Waals surface area contributed by atoms with Crippen LogP contribution in [0.1, 0.15) is 5.56 Å². The third-order valence-corrected chi connectivity index (χ3v) is 1.10. The normalized spacial score (nSPS) is 8.36. The molecule has 0 saturated heterocycles. The maximum atomic E-state index is 10.1. The van der Waals surface area contributed by atoms with Gasteiger partial charge in [-0.3, -0.25) is 9.78 Å². The molecule has 1 N–H and O–H groups in total. The summed E-state index contributed by atoms with van der Waals surface area (Å²) in [5.41, 5.74) is 0.780. The highest BCUT2D eigenvalue weighted by Gasteiger charge is 1.96. The average molecular weight is 148 g/mol. The van der Waals surface area contributed by atoms with Gasteiger partial charge in [-0.05, 0) is 17.7 Å². The van der Waals surface area contributed by atoms with Crippen LogP contribution in [0.3, 0.4) is 0 Å². The summed E-state index contributed by atoms with van der Waals surface area (Å²) in [6.45, 7) is 0. The van der Waals surface area contributed by atoms with Gasteiger partial charge >= 0.3 is 5.97 Å². The lowest BCUT2D eigenvalue weighted by Gasteiger charge is -1.92. The molecule has 1 rings (SSSR count). The second-order valence-electron chi connectivity index (χ2n) is 1.93. The van der Waals surface area contributed by atoms with E-state index in [1.165, 1.54) is 0 Å². The third-order valence-electron chi connectivity index (χ3n) is 1.10. The molecular formula is C7H7BNO2. The lowest BCUT2D eigenvalue weighted by Crippen LogP contribution is -1.99. The zero-order valence-corrected chi connectivity index (χ0v) is 5.90. The number of carboxylic acid groups (broad SMARTS) is 1. The Labute approximate surface area is 66.7 Å². The maximum Gasteiger partial charge on any atom is 0.307 e. The van der Waals surface area contributed by atoms with Crippen molar-refractivity contribution >= 4 is 14.4 Å². The fourth-order valence-electron chi connectivity index (χ4n) is 0.675. The molecule has 1 aromatic rings. The Bertz CT molecular complexity index is 225. The van der Waals surface area contributed by atoms with E-state index >= 15 is 0 Å². The van der Waals surface area contributed by atoms with Crippen molar-refractivity contribution in [2.45, 2.75) is 6.42 Å². The fraction of sp³-hybridized carbons (Fsp3) is 0.143. The van der Waals surface area contributed by atoms with Crippen molar-refractivity contribution in [1.82, 2.24) is 4.98 Å². The van der Waals surface area contributed by atoms with E-state index in [2.05, 4.69) is 4.98 Å². The van der Waals surface area contributed by atoms with E-state index in [4.69, 9.17) is 5.11 Å². The number of hydrogen-bond acceptors (Lipinski definition) is 2. The molecular weight excluding hydrogens is 141 g/mol. The molecule has 0 fully saturated rings. The fourth-order valence-corrected chi connectivity index (χ4v) is 0.675. The van der Waals surface area contributed by atoms with Gasteiger partial charge in [-0.25, -0.2) is 0 Å². The van der Waals surface area contributed by atoms with Gasteiger partial charge in [0.1, 0.15) is 0 Å². The molecule has 0 unspecified atom stereocenters. The first kappa shape index (κ1) is 9.68. The van der Waals surface area contributed by atoms with Gasteiger partial charge in [-0.2, -0.15) is 0 Å². The van der Waals surface area contributed by atoms with Crippen molar-refractivity contribution in [3.63, 3.8) is 0 Å². The molecule has 11 heavy (non-hydrogen) atoms. The van der Waals surface area contributed by atoms with Crippen molar-refractivity contribution in [1.29, 1.82) is 0 Å². The first-order chi connectivity index (χ1) is 4.79. The van der Waals surface area contributed by atoms with Gasteiger partial charge in [0.2, 0.25) is 0 Å². The van der Waals surface area contributed by atoms with Crippen LogP contribution in [0.5, 0.6) is 0 Å². The van der Waals surface area contributed by atoms with Gasteiger partial charge in [0, 0.05) is 20.8 Å². The largest absolute Gasteiger partial charge is 0.481 e. The Morgan fingerprint density at radius 3 is 2.45 bits per heavy atom. The van der Waals surface area contributed by atoms with Gasteiger partial charge in [-0.15, -0.1) is 0 Å². The Morgan fingerprint density at radius 1 is 1.45 bits per heavy atom. The third kappa shape index (κ3) is 3.40. The minimum Gasteiger partial charge on any atom is -0.481 e. The summed E-state index contributed by atoms with van der Waals surface area (Å²) in [5, 5.41) is 8.35. The lowest BCUT2D eigenvalue weighted by molar-refractivity contribution is -0.136. The Balaban J connectivity index is 0.000001000. The van der Waals surface area contributed by atoms with E-state index < -0.39 is 5.97 Å². The lowest BCUT2D eigenvalue weighted by atomic mass is 10.2. The van der Waals surface area contributed by atoms with Gasteiger partial charge < -0.3 is 5.11 Å². The van der Waals surface area contributed by atoms with Crippen LogP contribution in [0.4, 0.5) is 0 Å². The standard InChI is InChI=1S/C7H7NO2.B/c9-7(10)5-6-1-3-8-4-2-6;/h1-4H,5H2,(H,9,10);. The second kappa shape index (κ2) is 4.49. The highest BCUT2D eigenvalue weighted by Crippen LogP contribution is 1.96. The van der Waals surface area contributed by atoms with Gasteiger partial charge in [-0.1, -0.05) is 0 Å². The van der Waals surface area contributed by atoms with Crippen molar-refractivity contribution in [3.05, 3.63) is 30.1 Å². The minimum absolute atomic E-state index is 0. The minimum atomic E-state index is -0.814. The quantitative estimate of drug-likeness (QED) is 0.614. The summed E-state index contributed by atoms with van der Waals surface area (Å²) in [5.74, 6) is -0.814. The maximum absolute atomic E-state index is 10.1. The Kier molecular flexibility index (Phi) is 3.96. The van der Waals surface area contributed by atoms with Crippen LogP contribution in [0.2, 0.25) is 0 Å². The summed E-state index contributed by atoms with van der Waals surface area (Å²) >= 11 is 0. The van der Waals surface area contributed by atoms with Crippen molar-refractivity contribution < 1.29 is 9.90 Å². The van der Waals surface area contributed by atoms with Crippen LogP contribution in [0, 0.1) is 0 Å². The summed E-state index contributed by atoms with van der Waals surface area (Å²) in [4.78, 5) is 13.9. The first-order valence-electron chi connectivity index (χ1n) is 2.90. The van der Waals surface area contributed by atoms with Crippen molar-refractivity contribution in [2.24, 2.45) is 0 Å². The van der Waals surface area contributed by atoms with E-state index in [0.29, 0.717) is 0 Å². The van der Waals surface area contributed by atoms with Crippen LogP contribution >= 0.6 is 0 Å². The van der Waals surface area contributed by atoms with E-state index in [9.17, 15) is 4.79 Å². The second-order valence-corrected chi connectivity index (χ2v) is 1.93. The number of aliphatic carboxylic acids is 1. The van der Waals surface area contributed by atoms with Crippen LogP contribution in [-0.2, 0) is 11.2 Å². The zero-order valence-electron chi connectivity index (χ0n) is 5.90. The van der Waals surface area contributed by atoms with E-state index in [1.807, 2.05) is 0 Å². The van der Waals surface area contributed by atoms with Gasteiger partial charge in [0.25, 0.3) is 0 Å². The molecule has 55 valence electrons. The number of carboxylic acids is 1. The molecule has 0 aliphatic heterocycles. The predicted octanol–water partition coefficient (Wildman–Crippen LogP) is 0.328. The molecule has 0 spiro atoms. The SMILES string of the molecule is O=C(O)Cc1ccncc1.[B]. The van der Waals surface area contributed by atoms with Gasteiger partial charge in [0.15, 0.2) is 0 Å². The molecule has 0 bridgehead atoms. The highest BCUT2D eigenvalue weighted by atomic mass is 16.4. The molecule has 0 saturated carbocycles. The number of hydrogen-bond donors (Lipinski definition) is 1. The van der Waals surface area contributed by atoms with Crippen LogP contribution in [0.15, 0.2) is 24.5 Å². The average Bonchev–Trinajstić information content (AvgIpc) is 1.88. The summed E-state index contributed by atoms with van der Waals surface area (Å²) in [7, 11) is 0. The molecule has 0 aliphatic rings. The number of aromatic nitrogens is 1. The summed E-state index contributed by atoms with van der Waals surface area (Å²) in [6.07, 6.45) is 3.24. The molecule has 0 amide bonds. The molecule has 3 radical (unpaired) electrons. The number of pyridine rings is 1. The van der Waals surface area contributed by atoms with E-state index in [0.717, 1.165) is 5.56 Å². The van der Waals surface area contributed by atoms with Crippen LogP contribution in [-0.4, -0.2) is 24.5 Å². The molecule has 4 heteroatoms. The van der Waals surface area contributed by atoms with Gasteiger partial charge in [0.05, 0.1) is 6.42 Å². The van der Waals surface area contributed by atoms with E-state index in [-0.39, 0.29) is 14.8 Å². The highest BCUT2D eigenvalue weighted by molar-refractivity contribution is 5.75. The number of rotatable bonds is 2. The predicted molar refractivity (Wildman–Crippen MR) is 41.3 cm³/mol. The smallest absolute Gasteiger partial charge is 0.307 e. The topological polar surface area (TPSA) is 50.2 Å². The molecule has 1 aromatic heterocycles. The van der Waals surface area contributed by atoms with Crippen LogP contribution < -0.4 is 0 Å². The monoisotopic (exact) mass is 148 g/mol. The first-order valence-corrected chi connectivity index (χ1v) is 2.90. The number of nitrogens with zero attached hydrogens (tertiary/aromatic N) is 1. The molecule has 0 aliphatic carbocycles. The number of carbonyl (C=O) groups is 1. The van der Waals surface area contributed by atoms with Crippen molar-refractivity contribution in [2.75, 3.05) is 0 Å². The zero-order chi connectivity index (χ0) is 7.40. The molecule has 1 heterocycles. The Morgan fingerprint density at radius 2 is 2.00 bits per heavy atom. The Hall–Kier alpha value is -1.32. The molecule has 3 nitrogen and oxygen atoms in total. The molecule has 0 aromatic carbocycles.